The van der Waals surface area contributed by atoms with Gasteiger partial charge in [-0.15, -0.1) is 0 Å². The normalized spacial score (nSPS) is 17.2. The molecule has 4 rings (SSSR count). The maximum absolute atomic E-state index is 5.51. The number of hydrogen-bond donors (Lipinski definition) is 0. The summed E-state index contributed by atoms with van der Waals surface area (Å²) in [5.41, 5.74) is 2.18. The van der Waals surface area contributed by atoms with Gasteiger partial charge in [0.05, 0.1) is 20.8 Å². The third kappa shape index (κ3) is 3.80. The van der Waals surface area contributed by atoms with E-state index in [-0.39, 0.29) is 0 Å². The lowest BCUT2D eigenvalue weighted by molar-refractivity contribution is 0.212. The summed E-state index contributed by atoms with van der Waals surface area (Å²) in [4.78, 5) is 6.97. The van der Waals surface area contributed by atoms with Gasteiger partial charge < -0.3 is 14.0 Å². The quantitative estimate of drug-likeness (QED) is 0.656. The average Bonchev–Trinajstić information content (AvgIpc) is 3.38. The first-order chi connectivity index (χ1) is 13.3. The van der Waals surface area contributed by atoms with Crippen LogP contribution in [-0.4, -0.2) is 35.8 Å². The van der Waals surface area contributed by atoms with E-state index in [9.17, 15) is 0 Å². The second kappa shape index (κ2) is 7.80. The monoisotopic (exact) mass is 365 g/mol. The average molecular weight is 365 g/mol. The fourth-order valence-corrected chi connectivity index (χ4v) is 3.59. The Bertz CT molecular complexity index is 892. The molecule has 2 aromatic carbocycles. The highest BCUT2D eigenvalue weighted by atomic mass is 16.5. The van der Waals surface area contributed by atoms with Gasteiger partial charge in [-0.1, -0.05) is 29.4 Å². The van der Waals surface area contributed by atoms with E-state index in [0.717, 1.165) is 36.4 Å². The summed E-state index contributed by atoms with van der Waals surface area (Å²) in [5.74, 6) is 2.87. The Morgan fingerprint density at radius 3 is 2.67 bits per heavy atom. The molecule has 3 aromatic rings. The van der Waals surface area contributed by atoms with Crippen molar-refractivity contribution in [1.82, 2.24) is 15.0 Å². The summed E-state index contributed by atoms with van der Waals surface area (Å²) < 4.78 is 16.0. The molecule has 1 saturated heterocycles. The van der Waals surface area contributed by atoms with Gasteiger partial charge in [-0.25, -0.2) is 0 Å². The Morgan fingerprint density at radius 1 is 1.07 bits per heavy atom. The van der Waals surface area contributed by atoms with Crippen LogP contribution >= 0.6 is 0 Å². The minimum Gasteiger partial charge on any atom is -0.497 e. The molecule has 1 aliphatic heterocycles. The smallest absolute Gasteiger partial charge is 0.241 e. The second-order valence-electron chi connectivity index (χ2n) is 6.65. The number of ether oxygens (including phenoxy) is 2. The van der Waals surface area contributed by atoms with Crippen molar-refractivity contribution in [1.29, 1.82) is 0 Å². The molecular weight excluding hydrogens is 342 g/mol. The zero-order valence-electron chi connectivity index (χ0n) is 15.6. The summed E-state index contributed by atoms with van der Waals surface area (Å²) in [7, 11) is 3.33. The van der Waals surface area contributed by atoms with Gasteiger partial charge in [0.25, 0.3) is 0 Å². The zero-order valence-corrected chi connectivity index (χ0v) is 15.6. The molecule has 2 heterocycles. The lowest BCUT2D eigenvalue weighted by Crippen LogP contribution is -2.22. The standard InChI is InChI=1S/C21H23N3O3/c1-25-17-10-8-15(9-11-17)19-7-4-12-24(19)14-20-22-21(23-27-20)16-5-3-6-18(13-16)26-2/h3,5-6,8-11,13,19H,4,7,12,14H2,1-2H3. The predicted octanol–water partition coefficient (Wildman–Crippen LogP) is 4.09. The molecule has 0 radical (unpaired) electrons. The van der Waals surface area contributed by atoms with Crippen molar-refractivity contribution >= 4 is 0 Å². The number of rotatable bonds is 6. The number of benzene rings is 2. The minimum absolute atomic E-state index is 0.364. The third-order valence-electron chi connectivity index (χ3n) is 5.00. The Balaban J connectivity index is 1.49. The molecule has 1 fully saturated rings. The van der Waals surface area contributed by atoms with E-state index >= 15 is 0 Å². The maximum Gasteiger partial charge on any atom is 0.241 e. The Hall–Kier alpha value is -2.86. The van der Waals surface area contributed by atoms with Gasteiger partial charge in [0, 0.05) is 11.6 Å². The molecule has 1 atom stereocenters. The van der Waals surface area contributed by atoms with E-state index in [0.29, 0.717) is 24.3 Å². The van der Waals surface area contributed by atoms with E-state index < -0.39 is 0 Å². The third-order valence-corrected chi connectivity index (χ3v) is 5.00. The Kier molecular flexibility index (Phi) is 5.07. The highest BCUT2D eigenvalue weighted by Crippen LogP contribution is 2.34. The summed E-state index contributed by atoms with van der Waals surface area (Å²) in [6.45, 7) is 1.67. The van der Waals surface area contributed by atoms with Crippen molar-refractivity contribution in [2.45, 2.75) is 25.4 Å². The van der Waals surface area contributed by atoms with Crippen LogP contribution < -0.4 is 9.47 Å². The molecule has 0 bridgehead atoms. The SMILES string of the molecule is COc1ccc(C2CCCN2Cc2nc(-c3cccc(OC)c3)no2)cc1. The number of hydrogen-bond acceptors (Lipinski definition) is 6. The van der Waals surface area contributed by atoms with Crippen molar-refractivity contribution < 1.29 is 14.0 Å². The zero-order chi connectivity index (χ0) is 18.6. The van der Waals surface area contributed by atoms with Crippen LogP contribution in [0, 0.1) is 0 Å². The van der Waals surface area contributed by atoms with Crippen LogP contribution in [-0.2, 0) is 6.54 Å². The molecule has 1 aromatic heterocycles. The molecule has 6 nitrogen and oxygen atoms in total. The molecule has 1 aliphatic rings. The lowest BCUT2D eigenvalue weighted by Gasteiger charge is -2.23. The highest BCUT2D eigenvalue weighted by Gasteiger charge is 2.27. The number of nitrogens with zero attached hydrogens (tertiary/aromatic N) is 3. The Labute approximate surface area is 158 Å². The van der Waals surface area contributed by atoms with Crippen molar-refractivity contribution in [3.8, 4) is 22.9 Å². The molecule has 6 heteroatoms. The van der Waals surface area contributed by atoms with Gasteiger partial charge in [-0.05, 0) is 49.2 Å². The minimum atomic E-state index is 0.364. The van der Waals surface area contributed by atoms with Crippen LogP contribution in [0.15, 0.2) is 53.1 Å². The van der Waals surface area contributed by atoms with Crippen molar-refractivity contribution in [2.24, 2.45) is 0 Å². The van der Waals surface area contributed by atoms with Crippen molar-refractivity contribution in [3.05, 3.63) is 60.0 Å². The van der Waals surface area contributed by atoms with E-state index in [1.165, 1.54) is 5.56 Å². The summed E-state index contributed by atoms with van der Waals surface area (Å²) in [5, 5.41) is 4.14. The van der Waals surface area contributed by atoms with Gasteiger partial charge in [0.2, 0.25) is 11.7 Å². The van der Waals surface area contributed by atoms with Gasteiger partial charge in [0.15, 0.2) is 0 Å². The molecular formula is C21H23N3O3. The van der Waals surface area contributed by atoms with Crippen LogP contribution in [0.2, 0.25) is 0 Å². The molecule has 140 valence electrons. The van der Waals surface area contributed by atoms with Gasteiger partial charge in [-0.2, -0.15) is 4.98 Å². The maximum atomic E-state index is 5.51. The molecule has 1 unspecified atom stereocenters. The molecule has 0 spiro atoms. The first kappa shape index (κ1) is 17.5. The topological polar surface area (TPSA) is 60.6 Å². The summed E-state index contributed by atoms with van der Waals surface area (Å²) >= 11 is 0. The van der Waals surface area contributed by atoms with Crippen molar-refractivity contribution in [3.63, 3.8) is 0 Å². The first-order valence-electron chi connectivity index (χ1n) is 9.12. The van der Waals surface area contributed by atoms with E-state index in [1.807, 2.05) is 36.4 Å². The van der Waals surface area contributed by atoms with Crippen LogP contribution in [0.4, 0.5) is 0 Å². The number of likely N-dealkylation sites (tertiary alicyclic amines) is 1. The molecule has 27 heavy (non-hydrogen) atoms. The largest absolute Gasteiger partial charge is 0.497 e. The number of methoxy groups -OCH3 is 2. The lowest BCUT2D eigenvalue weighted by atomic mass is 10.0. The van der Waals surface area contributed by atoms with Gasteiger partial charge in [0.1, 0.15) is 11.5 Å². The summed E-state index contributed by atoms with van der Waals surface area (Å²) in [6, 6.07) is 16.3. The summed E-state index contributed by atoms with van der Waals surface area (Å²) in [6.07, 6.45) is 2.29. The van der Waals surface area contributed by atoms with E-state index in [4.69, 9.17) is 14.0 Å². The molecule has 0 N–H and O–H groups in total. The fraction of sp³-hybridized carbons (Fsp3) is 0.333. The van der Waals surface area contributed by atoms with Gasteiger partial charge >= 0.3 is 0 Å². The van der Waals surface area contributed by atoms with E-state index in [2.05, 4.69) is 27.2 Å². The van der Waals surface area contributed by atoms with Crippen LogP contribution in [0.1, 0.15) is 30.3 Å². The van der Waals surface area contributed by atoms with Crippen LogP contribution in [0.25, 0.3) is 11.4 Å². The molecule has 0 aliphatic carbocycles. The fourth-order valence-electron chi connectivity index (χ4n) is 3.59. The van der Waals surface area contributed by atoms with Gasteiger partial charge in [-0.3, -0.25) is 4.90 Å². The van der Waals surface area contributed by atoms with Crippen molar-refractivity contribution in [2.75, 3.05) is 20.8 Å². The Morgan fingerprint density at radius 2 is 1.89 bits per heavy atom. The highest BCUT2D eigenvalue weighted by molar-refractivity contribution is 5.56. The molecule has 0 amide bonds. The van der Waals surface area contributed by atoms with Crippen LogP contribution in [0.5, 0.6) is 11.5 Å². The molecule has 0 saturated carbocycles. The second-order valence-corrected chi connectivity index (χ2v) is 6.65. The van der Waals surface area contributed by atoms with Crippen LogP contribution in [0.3, 0.4) is 0 Å². The predicted molar refractivity (Wildman–Crippen MR) is 102 cm³/mol. The first-order valence-corrected chi connectivity index (χ1v) is 9.12. The van der Waals surface area contributed by atoms with E-state index in [1.54, 1.807) is 14.2 Å². The number of aromatic nitrogens is 2.